The molecule has 0 aromatic carbocycles. The first-order valence-electron chi connectivity index (χ1n) is 3.39. The fourth-order valence-corrected chi connectivity index (χ4v) is 0.716. The lowest BCUT2D eigenvalue weighted by molar-refractivity contribution is 0.649. The summed E-state index contributed by atoms with van der Waals surface area (Å²) >= 11 is 0. The molecule has 3 N–H and O–H groups in total. The summed E-state index contributed by atoms with van der Waals surface area (Å²) in [5.41, 5.74) is 5.55. The van der Waals surface area contributed by atoms with Crippen LogP contribution in [0.5, 0.6) is 0 Å². The molecule has 0 aliphatic rings. The van der Waals surface area contributed by atoms with Gasteiger partial charge in [0.2, 0.25) is 0 Å². The molecule has 1 aromatic rings. The topological polar surface area (TPSA) is 67.6 Å². The molecule has 4 nitrogen and oxygen atoms in total. The van der Waals surface area contributed by atoms with Crippen molar-refractivity contribution in [1.82, 2.24) is 15.2 Å². The van der Waals surface area contributed by atoms with Crippen molar-refractivity contribution < 1.29 is 0 Å². The lowest BCUT2D eigenvalue weighted by atomic mass is 10.2. The van der Waals surface area contributed by atoms with Gasteiger partial charge in [0.25, 0.3) is 0 Å². The van der Waals surface area contributed by atoms with Gasteiger partial charge in [0, 0.05) is 12.5 Å². The van der Waals surface area contributed by atoms with Gasteiger partial charge in [0.15, 0.2) is 0 Å². The highest BCUT2D eigenvalue weighted by molar-refractivity contribution is 4.80. The number of hydrogen-bond acceptors (Lipinski definition) is 3. The molecule has 4 heteroatoms. The predicted molar refractivity (Wildman–Crippen MR) is 38.4 cm³/mol. The lowest BCUT2D eigenvalue weighted by Gasteiger charge is -2.00. The van der Waals surface area contributed by atoms with E-state index in [1.54, 1.807) is 0 Å². The third-order valence-corrected chi connectivity index (χ3v) is 1.30. The number of aromatic amines is 1. The van der Waals surface area contributed by atoms with Crippen molar-refractivity contribution in [2.24, 2.45) is 5.73 Å². The van der Waals surface area contributed by atoms with Crippen molar-refractivity contribution in [1.29, 1.82) is 0 Å². The van der Waals surface area contributed by atoms with E-state index in [-0.39, 0.29) is 6.04 Å². The monoisotopic (exact) mass is 140 g/mol. The SMILES string of the molecule is C[C@H](N)CCc1ncn[nH]1. The summed E-state index contributed by atoms with van der Waals surface area (Å²) < 4.78 is 0. The van der Waals surface area contributed by atoms with Crippen LogP contribution in [-0.2, 0) is 6.42 Å². The van der Waals surface area contributed by atoms with Gasteiger partial charge in [-0.05, 0) is 13.3 Å². The van der Waals surface area contributed by atoms with Gasteiger partial charge in [-0.2, -0.15) is 5.10 Å². The van der Waals surface area contributed by atoms with Crippen LogP contribution in [0.1, 0.15) is 19.2 Å². The van der Waals surface area contributed by atoms with Crippen molar-refractivity contribution in [2.75, 3.05) is 0 Å². The molecule has 0 aliphatic heterocycles. The summed E-state index contributed by atoms with van der Waals surface area (Å²) in [4.78, 5) is 3.97. The van der Waals surface area contributed by atoms with E-state index in [1.807, 2.05) is 6.92 Å². The smallest absolute Gasteiger partial charge is 0.137 e. The molecule has 0 saturated heterocycles. The van der Waals surface area contributed by atoms with E-state index in [2.05, 4.69) is 15.2 Å². The van der Waals surface area contributed by atoms with E-state index in [1.165, 1.54) is 6.33 Å². The van der Waals surface area contributed by atoms with Crippen LogP contribution in [0.25, 0.3) is 0 Å². The highest BCUT2D eigenvalue weighted by atomic mass is 15.2. The Morgan fingerprint density at radius 3 is 3.10 bits per heavy atom. The lowest BCUT2D eigenvalue weighted by Crippen LogP contribution is -2.15. The Kier molecular flexibility index (Phi) is 2.39. The number of H-pyrrole nitrogens is 1. The number of nitrogens with one attached hydrogen (secondary N) is 1. The van der Waals surface area contributed by atoms with Gasteiger partial charge in [-0.25, -0.2) is 4.98 Å². The van der Waals surface area contributed by atoms with E-state index in [0.29, 0.717) is 0 Å². The van der Waals surface area contributed by atoms with Gasteiger partial charge in [0.1, 0.15) is 12.2 Å². The van der Waals surface area contributed by atoms with Crippen LogP contribution in [0.2, 0.25) is 0 Å². The molecular formula is C6H12N4. The first-order chi connectivity index (χ1) is 4.79. The molecule has 1 aromatic heterocycles. The van der Waals surface area contributed by atoms with Crippen molar-refractivity contribution >= 4 is 0 Å². The van der Waals surface area contributed by atoms with Crippen molar-refractivity contribution in [3.05, 3.63) is 12.2 Å². The normalized spacial score (nSPS) is 13.4. The van der Waals surface area contributed by atoms with E-state index >= 15 is 0 Å². The summed E-state index contributed by atoms with van der Waals surface area (Å²) in [6.45, 7) is 1.98. The van der Waals surface area contributed by atoms with Gasteiger partial charge in [-0.15, -0.1) is 0 Å². The average molecular weight is 140 g/mol. The van der Waals surface area contributed by atoms with Crippen LogP contribution in [0.4, 0.5) is 0 Å². The third kappa shape index (κ3) is 2.14. The third-order valence-electron chi connectivity index (χ3n) is 1.30. The van der Waals surface area contributed by atoms with E-state index in [9.17, 15) is 0 Å². The molecule has 0 unspecified atom stereocenters. The first-order valence-corrected chi connectivity index (χ1v) is 3.39. The van der Waals surface area contributed by atoms with E-state index < -0.39 is 0 Å². The van der Waals surface area contributed by atoms with Crippen LogP contribution in [0.3, 0.4) is 0 Å². The standard InChI is InChI=1S/C6H12N4/c1-5(7)2-3-6-8-4-9-10-6/h4-5H,2-3,7H2,1H3,(H,8,9,10)/t5-/m0/s1. The summed E-state index contributed by atoms with van der Waals surface area (Å²) in [6, 6.07) is 0.241. The highest BCUT2D eigenvalue weighted by Crippen LogP contribution is 1.94. The summed E-state index contributed by atoms with van der Waals surface area (Å²) in [5.74, 6) is 0.914. The van der Waals surface area contributed by atoms with Crippen LogP contribution >= 0.6 is 0 Å². The number of aryl methyl sites for hydroxylation is 1. The molecule has 1 atom stereocenters. The van der Waals surface area contributed by atoms with E-state index in [0.717, 1.165) is 18.7 Å². The highest BCUT2D eigenvalue weighted by Gasteiger charge is 1.97. The summed E-state index contributed by atoms with van der Waals surface area (Å²) in [5, 5.41) is 6.50. The number of rotatable bonds is 3. The van der Waals surface area contributed by atoms with Crippen LogP contribution in [0, 0.1) is 0 Å². The van der Waals surface area contributed by atoms with Crippen LogP contribution in [-0.4, -0.2) is 21.2 Å². The number of nitrogens with zero attached hydrogens (tertiary/aromatic N) is 2. The molecule has 0 bridgehead atoms. The zero-order valence-electron chi connectivity index (χ0n) is 6.04. The van der Waals surface area contributed by atoms with Gasteiger partial charge < -0.3 is 5.73 Å². The Morgan fingerprint density at radius 2 is 2.60 bits per heavy atom. The Balaban J connectivity index is 2.28. The largest absolute Gasteiger partial charge is 0.328 e. The van der Waals surface area contributed by atoms with Gasteiger partial charge in [-0.1, -0.05) is 0 Å². The predicted octanol–water partition coefficient (Wildman–Crippen LogP) is 0.0845. The van der Waals surface area contributed by atoms with Crippen molar-refractivity contribution in [2.45, 2.75) is 25.8 Å². The maximum Gasteiger partial charge on any atom is 0.137 e. The fraction of sp³-hybridized carbons (Fsp3) is 0.667. The molecule has 1 rings (SSSR count). The van der Waals surface area contributed by atoms with Crippen LogP contribution in [0.15, 0.2) is 6.33 Å². The zero-order chi connectivity index (χ0) is 7.40. The molecule has 10 heavy (non-hydrogen) atoms. The molecule has 56 valence electrons. The fourth-order valence-electron chi connectivity index (χ4n) is 0.716. The summed E-state index contributed by atoms with van der Waals surface area (Å²) in [7, 11) is 0. The minimum atomic E-state index is 0.241. The zero-order valence-corrected chi connectivity index (χ0v) is 6.04. The summed E-state index contributed by atoms with van der Waals surface area (Å²) in [6.07, 6.45) is 3.35. The van der Waals surface area contributed by atoms with Crippen molar-refractivity contribution in [3.63, 3.8) is 0 Å². The first kappa shape index (κ1) is 7.21. The molecule has 0 fully saturated rings. The second-order valence-corrected chi connectivity index (χ2v) is 2.45. The van der Waals surface area contributed by atoms with Gasteiger partial charge in [0.05, 0.1) is 0 Å². The number of hydrogen-bond donors (Lipinski definition) is 2. The molecule has 1 heterocycles. The van der Waals surface area contributed by atoms with Crippen molar-refractivity contribution in [3.8, 4) is 0 Å². The number of aromatic nitrogens is 3. The second-order valence-electron chi connectivity index (χ2n) is 2.45. The Hall–Kier alpha value is -0.900. The maximum absolute atomic E-state index is 5.55. The Labute approximate surface area is 59.8 Å². The van der Waals surface area contributed by atoms with Crippen LogP contribution < -0.4 is 5.73 Å². The average Bonchev–Trinajstić information content (AvgIpc) is 2.34. The molecule has 0 aliphatic carbocycles. The second kappa shape index (κ2) is 3.31. The quantitative estimate of drug-likeness (QED) is 0.625. The maximum atomic E-state index is 5.55. The molecular weight excluding hydrogens is 128 g/mol. The molecule has 0 spiro atoms. The Bertz CT molecular complexity index is 168. The van der Waals surface area contributed by atoms with Gasteiger partial charge >= 0.3 is 0 Å². The minimum absolute atomic E-state index is 0.241. The molecule has 0 radical (unpaired) electrons. The van der Waals surface area contributed by atoms with E-state index in [4.69, 9.17) is 5.73 Å². The molecule has 0 saturated carbocycles. The van der Waals surface area contributed by atoms with Gasteiger partial charge in [-0.3, -0.25) is 5.10 Å². The molecule has 0 amide bonds. The minimum Gasteiger partial charge on any atom is -0.328 e. The Morgan fingerprint density at radius 1 is 1.80 bits per heavy atom. The number of nitrogens with two attached hydrogens (primary N) is 1.